The molecule has 0 spiro atoms. The Balaban J connectivity index is 1.42. The van der Waals surface area contributed by atoms with Gasteiger partial charge in [0.1, 0.15) is 5.75 Å². The van der Waals surface area contributed by atoms with Gasteiger partial charge in [0.05, 0.1) is 17.2 Å². The maximum atomic E-state index is 11.5. The standard InChI is InChI=1S/C21H29N3O3S/c1-16(12-15-27-19-5-7-20(8-6-19)28(3,25)26)18-10-13-24(14-11-18)21-9-4-17(2)22-23-21/h4-9,16,18H,10-15H2,1-3H3/t16-/m1/s1. The lowest BCUT2D eigenvalue weighted by Gasteiger charge is -2.35. The number of hydrogen-bond donors (Lipinski definition) is 0. The SMILES string of the molecule is Cc1ccc(N2CCC([C@H](C)CCOc3ccc(S(C)(=O)=O)cc3)CC2)nn1. The Labute approximate surface area is 167 Å². The van der Waals surface area contributed by atoms with Crippen LogP contribution in [0.1, 0.15) is 31.9 Å². The van der Waals surface area contributed by atoms with Crippen LogP contribution in [0.4, 0.5) is 5.82 Å². The molecular weight excluding hydrogens is 374 g/mol. The van der Waals surface area contributed by atoms with E-state index in [9.17, 15) is 8.42 Å². The van der Waals surface area contributed by atoms with Crippen LogP contribution in [0.3, 0.4) is 0 Å². The number of ether oxygens (including phenoxy) is 1. The third-order valence-electron chi connectivity index (χ3n) is 5.55. The lowest BCUT2D eigenvalue weighted by molar-refractivity contribution is 0.222. The van der Waals surface area contributed by atoms with Crippen LogP contribution in [0, 0.1) is 18.8 Å². The molecule has 28 heavy (non-hydrogen) atoms. The van der Waals surface area contributed by atoms with Crippen molar-refractivity contribution in [3.05, 3.63) is 42.1 Å². The number of aryl methyl sites for hydroxylation is 1. The van der Waals surface area contributed by atoms with Crippen molar-refractivity contribution in [3.63, 3.8) is 0 Å². The minimum absolute atomic E-state index is 0.318. The minimum Gasteiger partial charge on any atom is -0.494 e. The van der Waals surface area contributed by atoms with E-state index in [0.717, 1.165) is 43.9 Å². The predicted octanol–water partition coefficient (Wildman–Crippen LogP) is 3.51. The number of piperidine rings is 1. The van der Waals surface area contributed by atoms with E-state index in [0.29, 0.717) is 29.1 Å². The second-order valence-electron chi connectivity index (χ2n) is 7.72. The smallest absolute Gasteiger partial charge is 0.175 e. The molecule has 0 N–H and O–H groups in total. The van der Waals surface area contributed by atoms with Gasteiger partial charge in [0.2, 0.25) is 0 Å². The highest BCUT2D eigenvalue weighted by Crippen LogP contribution is 2.29. The van der Waals surface area contributed by atoms with Crippen molar-refractivity contribution < 1.29 is 13.2 Å². The molecule has 1 aliphatic heterocycles. The number of rotatable bonds is 7. The van der Waals surface area contributed by atoms with Crippen LogP contribution in [-0.2, 0) is 9.84 Å². The van der Waals surface area contributed by atoms with Crippen molar-refractivity contribution in [1.82, 2.24) is 10.2 Å². The fourth-order valence-corrected chi connectivity index (χ4v) is 4.27. The third kappa shape index (κ3) is 5.44. The van der Waals surface area contributed by atoms with E-state index in [2.05, 4.69) is 28.1 Å². The largest absolute Gasteiger partial charge is 0.494 e. The van der Waals surface area contributed by atoms with Gasteiger partial charge in [-0.2, -0.15) is 5.10 Å². The molecule has 6 nitrogen and oxygen atoms in total. The molecule has 0 unspecified atom stereocenters. The zero-order valence-corrected chi connectivity index (χ0v) is 17.7. The maximum Gasteiger partial charge on any atom is 0.175 e. The maximum absolute atomic E-state index is 11.5. The Hall–Kier alpha value is -2.15. The van der Waals surface area contributed by atoms with Crippen molar-refractivity contribution in [1.29, 1.82) is 0 Å². The van der Waals surface area contributed by atoms with Crippen LogP contribution in [0.15, 0.2) is 41.3 Å². The molecule has 1 fully saturated rings. The first-order valence-corrected chi connectivity index (χ1v) is 11.7. The first kappa shape index (κ1) is 20.6. The van der Waals surface area contributed by atoms with Crippen molar-refractivity contribution in [2.75, 3.05) is 30.9 Å². The van der Waals surface area contributed by atoms with Gasteiger partial charge in [-0.1, -0.05) is 6.92 Å². The first-order chi connectivity index (χ1) is 13.3. The first-order valence-electron chi connectivity index (χ1n) is 9.81. The lowest BCUT2D eigenvalue weighted by atomic mass is 9.84. The molecule has 1 atom stereocenters. The Kier molecular flexibility index (Phi) is 6.54. The van der Waals surface area contributed by atoms with E-state index in [4.69, 9.17) is 4.74 Å². The topological polar surface area (TPSA) is 72.4 Å². The molecule has 0 bridgehead atoms. The summed E-state index contributed by atoms with van der Waals surface area (Å²) in [6, 6.07) is 10.7. The highest BCUT2D eigenvalue weighted by Gasteiger charge is 2.24. The summed E-state index contributed by atoms with van der Waals surface area (Å²) in [7, 11) is -3.16. The Morgan fingerprint density at radius 3 is 2.36 bits per heavy atom. The molecular formula is C21H29N3O3S. The summed E-state index contributed by atoms with van der Waals surface area (Å²) in [5, 5.41) is 8.45. The fraction of sp³-hybridized carbons (Fsp3) is 0.524. The monoisotopic (exact) mass is 403 g/mol. The molecule has 3 rings (SSSR count). The summed E-state index contributed by atoms with van der Waals surface area (Å²) in [5.41, 5.74) is 0.943. The Morgan fingerprint density at radius 2 is 1.79 bits per heavy atom. The number of benzene rings is 1. The summed E-state index contributed by atoms with van der Waals surface area (Å²) >= 11 is 0. The van der Waals surface area contributed by atoms with E-state index in [1.807, 2.05) is 13.0 Å². The molecule has 1 saturated heterocycles. The van der Waals surface area contributed by atoms with Gasteiger partial charge < -0.3 is 9.64 Å². The highest BCUT2D eigenvalue weighted by molar-refractivity contribution is 7.90. The molecule has 0 radical (unpaired) electrons. The van der Waals surface area contributed by atoms with Crippen LogP contribution >= 0.6 is 0 Å². The number of nitrogens with zero attached hydrogens (tertiary/aromatic N) is 3. The second kappa shape index (κ2) is 8.90. The molecule has 0 saturated carbocycles. The lowest BCUT2D eigenvalue weighted by Crippen LogP contribution is -2.36. The van der Waals surface area contributed by atoms with Crippen LogP contribution in [0.5, 0.6) is 5.75 Å². The molecule has 1 aromatic carbocycles. The molecule has 2 heterocycles. The molecule has 7 heteroatoms. The second-order valence-corrected chi connectivity index (χ2v) is 9.73. The molecule has 1 aliphatic rings. The average Bonchev–Trinajstić information content (AvgIpc) is 2.68. The van der Waals surface area contributed by atoms with Crippen LogP contribution in [0.25, 0.3) is 0 Å². The van der Waals surface area contributed by atoms with Crippen LogP contribution < -0.4 is 9.64 Å². The quantitative estimate of drug-likeness (QED) is 0.704. The van der Waals surface area contributed by atoms with Gasteiger partial charge in [-0.05, 0) is 74.4 Å². The Morgan fingerprint density at radius 1 is 1.11 bits per heavy atom. The van der Waals surface area contributed by atoms with E-state index in [1.165, 1.54) is 6.26 Å². The van der Waals surface area contributed by atoms with Gasteiger partial charge in [0, 0.05) is 19.3 Å². The van der Waals surface area contributed by atoms with Gasteiger partial charge in [0.25, 0.3) is 0 Å². The van der Waals surface area contributed by atoms with Gasteiger partial charge in [-0.25, -0.2) is 8.42 Å². The van der Waals surface area contributed by atoms with Gasteiger partial charge >= 0.3 is 0 Å². The summed E-state index contributed by atoms with van der Waals surface area (Å²) in [6.07, 6.45) is 4.50. The Bertz CT molecular complexity index is 859. The van der Waals surface area contributed by atoms with Crippen molar-refractivity contribution in [2.24, 2.45) is 11.8 Å². The fourth-order valence-electron chi connectivity index (χ4n) is 3.64. The van der Waals surface area contributed by atoms with Gasteiger partial charge in [-0.3, -0.25) is 0 Å². The van der Waals surface area contributed by atoms with E-state index < -0.39 is 9.84 Å². The predicted molar refractivity (Wildman–Crippen MR) is 111 cm³/mol. The summed E-state index contributed by atoms with van der Waals surface area (Å²) in [4.78, 5) is 2.63. The number of aromatic nitrogens is 2. The van der Waals surface area contributed by atoms with E-state index >= 15 is 0 Å². The normalized spacial score (nSPS) is 16.8. The molecule has 152 valence electrons. The number of sulfone groups is 1. The van der Waals surface area contributed by atoms with Crippen molar-refractivity contribution in [2.45, 2.75) is 38.0 Å². The molecule has 1 aromatic heterocycles. The highest BCUT2D eigenvalue weighted by atomic mass is 32.2. The van der Waals surface area contributed by atoms with Crippen LogP contribution in [0.2, 0.25) is 0 Å². The number of anilines is 1. The molecule has 0 aliphatic carbocycles. The summed E-state index contributed by atoms with van der Waals surface area (Å²) < 4.78 is 28.8. The zero-order chi connectivity index (χ0) is 20.1. The average molecular weight is 404 g/mol. The van der Waals surface area contributed by atoms with Gasteiger partial charge in [-0.15, -0.1) is 5.10 Å². The third-order valence-corrected chi connectivity index (χ3v) is 6.67. The van der Waals surface area contributed by atoms with Crippen molar-refractivity contribution in [3.8, 4) is 5.75 Å². The molecule has 2 aromatic rings. The summed E-state index contributed by atoms with van der Waals surface area (Å²) in [6.45, 7) is 6.92. The summed E-state index contributed by atoms with van der Waals surface area (Å²) in [5.74, 6) is 2.96. The van der Waals surface area contributed by atoms with Crippen molar-refractivity contribution >= 4 is 15.7 Å². The zero-order valence-electron chi connectivity index (χ0n) is 16.8. The molecule has 0 amide bonds. The van der Waals surface area contributed by atoms with E-state index in [1.54, 1.807) is 24.3 Å². The number of hydrogen-bond acceptors (Lipinski definition) is 6. The van der Waals surface area contributed by atoms with Crippen LogP contribution in [-0.4, -0.2) is 44.6 Å². The van der Waals surface area contributed by atoms with E-state index in [-0.39, 0.29) is 0 Å². The van der Waals surface area contributed by atoms with Gasteiger partial charge in [0.15, 0.2) is 15.7 Å². The minimum atomic E-state index is -3.16.